The summed E-state index contributed by atoms with van der Waals surface area (Å²) in [5.74, 6) is 0. The van der Waals surface area contributed by atoms with E-state index >= 15 is 0 Å². The van der Waals surface area contributed by atoms with Crippen molar-refractivity contribution in [2.45, 2.75) is 76.2 Å². The van der Waals surface area contributed by atoms with E-state index in [9.17, 15) is 0 Å². The number of hydrogen-bond donors (Lipinski definition) is 0. The van der Waals surface area contributed by atoms with E-state index < -0.39 is 0 Å². The molecule has 0 N–H and O–H groups in total. The number of rotatable bonds is 6. The van der Waals surface area contributed by atoms with Gasteiger partial charge in [0.1, 0.15) is 0 Å². The van der Waals surface area contributed by atoms with Crippen molar-refractivity contribution in [3.05, 3.63) is 158 Å². The van der Waals surface area contributed by atoms with E-state index in [4.69, 9.17) is 0 Å². The Bertz CT molecular complexity index is 1990. The Morgan fingerprint density at radius 2 is 0.625 bits per heavy atom. The molecule has 0 fully saturated rings. The first-order valence-corrected chi connectivity index (χ1v) is 17.4. The summed E-state index contributed by atoms with van der Waals surface area (Å²) in [4.78, 5) is 0. The van der Waals surface area contributed by atoms with Crippen molar-refractivity contribution in [2.24, 2.45) is 0 Å². The van der Waals surface area contributed by atoms with E-state index in [2.05, 4.69) is 173 Å². The van der Waals surface area contributed by atoms with Crippen LogP contribution >= 0.6 is 0 Å². The second-order valence-corrected chi connectivity index (χ2v) is 14.0. The van der Waals surface area contributed by atoms with Gasteiger partial charge >= 0.3 is 0 Å². The topological polar surface area (TPSA) is 0 Å². The van der Waals surface area contributed by atoms with E-state index in [1.807, 2.05) is 0 Å². The first kappa shape index (κ1) is 33.3. The predicted octanol–water partition coefficient (Wildman–Crippen LogP) is 10.6. The molecule has 0 atom stereocenters. The Hall–Kier alpha value is -4.62. The van der Waals surface area contributed by atoms with Gasteiger partial charge in [0, 0.05) is 0 Å². The minimum atomic E-state index is 0.0953. The molecular formula is C47H49B. The zero-order valence-corrected chi connectivity index (χ0v) is 30.8. The fourth-order valence-corrected chi connectivity index (χ4v) is 8.52. The molecule has 6 aromatic carbocycles. The van der Waals surface area contributed by atoms with E-state index in [0.29, 0.717) is 0 Å². The van der Waals surface area contributed by atoms with Gasteiger partial charge in [-0.05, 0) is 137 Å². The van der Waals surface area contributed by atoms with Crippen molar-refractivity contribution in [1.82, 2.24) is 0 Å². The number of aryl methyl sites for hydroxylation is 1. The molecule has 240 valence electrons. The molecule has 0 saturated carbocycles. The molecule has 1 heteroatoms. The largest absolute Gasteiger partial charge is 0.243 e. The summed E-state index contributed by atoms with van der Waals surface area (Å²) >= 11 is 0. The van der Waals surface area contributed by atoms with Crippen molar-refractivity contribution < 1.29 is 0 Å². The van der Waals surface area contributed by atoms with Gasteiger partial charge in [-0.15, -0.1) is 0 Å². The Morgan fingerprint density at radius 1 is 0.312 bits per heavy atom. The number of benzene rings is 6. The molecule has 48 heavy (non-hydrogen) atoms. The van der Waals surface area contributed by atoms with Crippen molar-refractivity contribution in [3.63, 3.8) is 0 Å². The van der Waals surface area contributed by atoms with Crippen LogP contribution < -0.4 is 16.4 Å². The van der Waals surface area contributed by atoms with Gasteiger partial charge in [-0.25, -0.2) is 0 Å². The maximum Gasteiger partial charge on any atom is 0.243 e. The molecule has 0 nitrogen and oxygen atoms in total. The molecule has 0 aromatic heterocycles. The third-order valence-electron chi connectivity index (χ3n) is 11.6. The van der Waals surface area contributed by atoms with Crippen LogP contribution in [0.1, 0.15) is 61.2 Å². The van der Waals surface area contributed by atoms with Gasteiger partial charge in [0.2, 0.25) is 6.71 Å². The monoisotopic (exact) mass is 624 g/mol. The fourth-order valence-electron chi connectivity index (χ4n) is 8.52. The lowest BCUT2D eigenvalue weighted by molar-refractivity contribution is 1.25. The van der Waals surface area contributed by atoms with E-state index in [1.54, 1.807) is 0 Å². The van der Waals surface area contributed by atoms with Crippen LogP contribution in [-0.4, -0.2) is 6.71 Å². The maximum absolute atomic E-state index is 2.45. The highest BCUT2D eigenvalue weighted by atomic mass is 14.2. The van der Waals surface area contributed by atoms with Crippen LogP contribution in [0, 0.1) is 76.2 Å². The van der Waals surface area contributed by atoms with Gasteiger partial charge < -0.3 is 0 Å². The Kier molecular flexibility index (Phi) is 9.10. The lowest BCUT2D eigenvalue weighted by Crippen LogP contribution is -2.58. The van der Waals surface area contributed by atoms with Crippen LogP contribution in [0.2, 0.25) is 0 Å². The summed E-state index contributed by atoms with van der Waals surface area (Å²) in [6.45, 7) is 25.9. The zero-order valence-electron chi connectivity index (χ0n) is 30.8. The minimum absolute atomic E-state index is 0.0953. The molecule has 6 aromatic rings. The quantitative estimate of drug-likeness (QED) is 0.162. The standard InChI is InChI=1S/C47H49B/c1-28-27-42(39-21-15-12-16-22-39)29(2)34(7)45(28)48(46-35(8)30(3)43(31(4)36(46)9)40-23-17-13-18-24-40)47-37(10)32(5)44(33(6)38(47)11)41-25-19-14-20-26-41/h12-27H,1-11H3. The number of hydrogen-bond acceptors (Lipinski definition) is 0. The first-order chi connectivity index (χ1) is 23.0. The molecule has 0 amide bonds. The average Bonchev–Trinajstić information content (AvgIpc) is 3.09. The molecule has 0 saturated heterocycles. The normalized spacial score (nSPS) is 11.2. The molecule has 0 spiro atoms. The summed E-state index contributed by atoms with van der Waals surface area (Å²) in [6, 6.07) is 35.2. The van der Waals surface area contributed by atoms with Crippen LogP contribution in [-0.2, 0) is 0 Å². The SMILES string of the molecule is Cc1cc(-c2ccccc2)c(C)c(C)c1B(c1c(C)c(C)c(-c2ccccc2)c(C)c1C)c1c(C)c(C)c(-c2ccccc2)c(C)c1C. The molecule has 0 aliphatic rings. The molecule has 0 radical (unpaired) electrons. The molecule has 0 bridgehead atoms. The molecule has 0 aliphatic heterocycles. The van der Waals surface area contributed by atoms with Crippen LogP contribution in [0.25, 0.3) is 33.4 Å². The summed E-state index contributed by atoms with van der Waals surface area (Å²) < 4.78 is 0. The van der Waals surface area contributed by atoms with Crippen LogP contribution in [0.5, 0.6) is 0 Å². The lowest BCUT2D eigenvalue weighted by Gasteiger charge is -2.32. The highest BCUT2D eigenvalue weighted by Gasteiger charge is 2.35. The van der Waals surface area contributed by atoms with Gasteiger partial charge in [-0.3, -0.25) is 0 Å². The summed E-state index contributed by atoms with van der Waals surface area (Å²) in [5.41, 5.74) is 27.5. The van der Waals surface area contributed by atoms with Gasteiger partial charge in [0.05, 0.1) is 0 Å². The Balaban J connectivity index is 1.73. The first-order valence-electron chi connectivity index (χ1n) is 17.4. The van der Waals surface area contributed by atoms with Crippen LogP contribution in [0.4, 0.5) is 0 Å². The second-order valence-electron chi connectivity index (χ2n) is 14.0. The Morgan fingerprint density at radius 3 is 0.979 bits per heavy atom. The van der Waals surface area contributed by atoms with E-state index in [-0.39, 0.29) is 6.71 Å². The van der Waals surface area contributed by atoms with Crippen molar-refractivity contribution >= 4 is 23.1 Å². The predicted molar refractivity (Wildman–Crippen MR) is 212 cm³/mol. The van der Waals surface area contributed by atoms with E-state index in [0.717, 1.165) is 0 Å². The minimum Gasteiger partial charge on any atom is -0.0626 e. The maximum atomic E-state index is 2.45. The highest BCUT2D eigenvalue weighted by molar-refractivity contribution is 6.97. The van der Waals surface area contributed by atoms with Crippen LogP contribution in [0.15, 0.2) is 97.1 Å². The summed E-state index contributed by atoms with van der Waals surface area (Å²) in [5, 5.41) is 0. The molecule has 0 heterocycles. The van der Waals surface area contributed by atoms with Crippen molar-refractivity contribution in [3.8, 4) is 33.4 Å². The van der Waals surface area contributed by atoms with Gasteiger partial charge in [-0.2, -0.15) is 0 Å². The smallest absolute Gasteiger partial charge is 0.0626 e. The fraction of sp³-hybridized carbons (Fsp3) is 0.234. The van der Waals surface area contributed by atoms with Gasteiger partial charge in [-0.1, -0.05) is 147 Å². The molecule has 0 aliphatic carbocycles. The molecular weight excluding hydrogens is 575 g/mol. The molecule has 6 rings (SSSR count). The third kappa shape index (κ3) is 5.44. The van der Waals surface area contributed by atoms with Gasteiger partial charge in [0.15, 0.2) is 0 Å². The van der Waals surface area contributed by atoms with Crippen LogP contribution in [0.3, 0.4) is 0 Å². The second kappa shape index (κ2) is 13.1. The zero-order chi connectivity index (χ0) is 34.4. The highest BCUT2D eigenvalue weighted by Crippen LogP contribution is 2.35. The van der Waals surface area contributed by atoms with Crippen molar-refractivity contribution in [2.75, 3.05) is 0 Å². The molecule has 0 unspecified atom stereocenters. The third-order valence-corrected chi connectivity index (χ3v) is 11.6. The van der Waals surface area contributed by atoms with Crippen molar-refractivity contribution in [1.29, 1.82) is 0 Å². The summed E-state index contributed by atoms with van der Waals surface area (Å²) in [6.07, 6.45) is 0. The Labute approximate surface area is 290 Å². The van der Waals surface area contributed by atoms with Gasteiger partial charge in [0.25, 0.3) is 0 Å². The average molecular weight is 625 g/mol. The lowest BCUT2D eigenvalue weighted by atomic mass is 9.32. The summed E-state index contributed by atoms with van der Waals surface area (Å²) in [7, 11) is 0. The van der Waals surface area contributed by atoms with E-state index in [1.165, 1.54) is 111 Å².